The number of hydrogen-bond donors (Lipinski definition) is 0. The van der Waals surface area contributed by atoms with E-state index in [-0.39, 0.29) is 11.8 Å². The summed E-state index contributed by atoms with van der Waals surface area (Å²) in [5.41, 5.74) is 3.64. The van der Waals surface area contributed by atoms with Gasteiger partial charge in [0.1, 0.15) is 12.4 Å². The number of aryl methyl sites for hydroxylation is 3. The molecule has 1 saturated heterocycles. The van der Waals surface area contributed by atoms with Crippen molar-refractivity contribution in [1.29, 1.82) is 0 Å². The topological polar surface area (TPSA) is 66.9 Å². The fourth-order valence-electron chi connectivity index (χ4n) is 4.60. The molecule has 0 bridgehead atoms. The van der Waals surface area contributed by atoms with Crippen LogP contribution in [0.5, 0.6) is 5.75 Å². The zero-order valence-corrected chi connectivity index (χ0v) is 18.5. The van der Waals surface area contributed by atoms with Crippen LogP contribution in [-0.4, -0.2) is 56.3 Å². The fourth-order valence-corrected chi connectivity index (χ4v) is 6.43. The molecule has 0 unspecified atom stereocenters. The summed E-state index contributed by atoms with van der Waals surface area (Å²) in [6.45, 7) is 7.45. The molecule has 160 valence electrons. The molecule has 0 aromatic heterocycles. The summed E-state index contributed by atoms with van der Waals surface area (Å²) >= 11 is 0. The van der Waals surface area contributed by atoms with Crippen LogP contribution in [0.15, 0.2) is 41.3 Å². The predicted molar refractivity (Wildman–Crippen MR) is 115 cm³/mol. The van der Waals surface area contributed by atoms with E-state index in [1.54, 1.807) is 4.90 Å². The van der Waals surface area contributed by atoms with Gasteiger partial charge >= 0.3 is 0 Å². The van der Waals surface area contributed by atoms with Gasteiger partial charge in [-0.2, -0.15) is 4.31 Å². The Morgan fingerprint density at radius 1 is 1.00 bits per heavy atom. The Bertz CT molecular complexity index is 1050. The number of nitrogens with zero attached hydrogens (tertiary/aromatic N) is 2. The molecular formula is C23H28N2O4S. The lowest BCUT2D eigenvalue weighted by atomic mass is 9.95. The van der Waals surface area contributed by atoms with Gasteiger partial charge in [-0.3, -0.25) is 4.79 Å². The molecule has 1 fully saturated rings. The highest BCUT2D eigenvalue weighted by Crippen LogP contribution is 2.29. The molecule has 1 amide bonds. The molecule has 2 aromatic carbocycles. The van der Waals surface area contributed by atoms with E-state index >= 15 is 0 Å². The molecule has 4 rings (SSSR count). The van der Waals surface area contributed by atoms with Crippen LogP contribution in [0.2, 0.25) is 0 Å². The van der Waals surface area contributed by atoms with Crippen LogP contribution >= 0.6 is 0 Å². The minimum atomic E-state index is -3.58. The third-order valence-corrected chi connectivity index (χ3v) is 8.19. The maximum atomic E-state index is 13.3. The number of carbonyl (C=O) groups is 1. The van der Waals surface area contributed by atoms with Crippen molar-refractivity contribution in [2.24, 2.45) is 5.92 Å². The Morgan fingerprint density at radius 2 is 1.63 bits per heavy atom. The van der Waals surface area contributed by atoms with Crippen molar-refractivity contribution in [2.75, 3.05) is 32.8 Å². The van der Waals surface area contributed by atoms with E-state index in [4.69, 9.17) is 4.74 Å². The third-order valence-electron chi connectivity index (χ3n) is 5.98. The number of benzene rings is 2. The van der Waals surface area contributed by atoms with Crippen LogP contribution in [0.3, 0.4) is 0 Å². The highest BCUT2D eigenvalue weighted by Gasteiger charge is 2.35. The van der Waals surface area contributed by atoms with Gasteiger partial charge in [0, 0.05) is 26.2 Å². The summed E-state index contributed by atoms with van der Waals surface area (Å²) in [7, 11) is -3.58. The van der Waals surface area contributed by atoms with Gasteiger partial charge in [0.15, 0.2) is 0 Å². The zero-order chi connectivity index (χ0) is 21.5. The second kappa shape index (κ2) is 8.04. The molecule has 0 spiro atoms. The molecule has 0 saturated carbocycles. The van der Waals surface area contributed by atoms with Crippen LogP contribution in [0.1, 0.15) is 22.3 Å². The van der Waals surface area contributed by atoms with E-state index in [0.717, 1.165) is 28.0 Å². The van der Waals surface area contributed by atoms with Crippen molar-refractivity contribution in [3.8, 4) is 5.75 Å². The van der Waals surface area contributed by atoms with E-state index in [1.165, 1.54) is 4.31 Å². The van der Waals surface area contributed by atoms with E-state index < -0.39 is 10.0 Å². The molecule has 0 N–H and O–H groups in total. The highest BCUT2D eigenvalue weighted by molar-refractivity contribution is 7.89. The smallest absolute Gasteiger partial charge is 0.243 e. The van der Waals surface area contributed by atoms with Crippen LogP contribution in [0.4, 0.5) is 0 Å². The van der Waals surface area contributed by atoms with Crippen LogP contribution in [0.25, 0.3) is 0 Å². The van der Waals surface area contributed by atoms with Gasteiger partial charge in [0.25, 0.3) is 0 Å². The van der Waals surface area contributed by atoms with Crippen molar-refractivity contribution < 1.29 is 17.9 Å². The quantitative estimate of drug-likeness (QED) is 0.754. The Labute approximate surface area is 178 Å². The first-order valence-corrected chi connectivity index (χ1v) is 11.8. The third kappa shape index (κ3) is 3.84. The molecule has 30 heavy (non-hydrogen) atoms. The number of rotatable bonds is 3. The van der Waals surface area contributed by atoms with E-state index in [9.17, 15) is 13.2 Å². The average Bonchev–Trinajstić information content (AvgIpc) is 2.72. The number of ether oxygens (including phenoxy) is 1. The first kappa shape index (κ1) is 20.9. The second-order valence-electron chi connectivity index (χ2n) is 8.28. The first-order chi connectivity index (χ1) is 14.3. The number of para-hydroxylation sites is 1. The van der Waals surface area contributed by atoms with Crippen molar-refractivity contribution >= 4 is 15.9 Å². The maximum absolute atomic E-state index is 13.3. The van der Waals surface area contributed by atoms with Gasteiger partial charge in [0.05, 0.1) is 10.8 Å². The van der Waals surface area contributed by atoms with Gasteiger partial charge in [-0.25, -0.2) is 8.42 Å². The van der Waals surface area contributed by atoms with Gasteiger partial charge < -0.3 is 9.64 Å². The number of piperazine rings is 1. The minimum absolute atomic E-state index is 0.0456. The van der Waals surface area contributed by atoms with Crippen molar-refractivity contribution in [3.05, 3.63) is 58.7 Å². The lowest BCUT2D eigenvalue weighted by Gasteiger charge is -2.37. The zero-order valence-electron chi connectivity index (χ0n) is 17.7. The largest absolute Gasteiger partial charge is 0.492 e. The highest BCUT2D eigenvalue weighted by atomic mass is 32.2. The van der Waals surface area contributed by atoms with Gasteiger partial charge in [0.2, 0.25) is 15.9 Å². The average molecular weight is 429 g/mol. The molecule has 0 radical (unpaired) electrons. The number of hydrogen-bond acceptors (Lipinski definition) is 4. The van der Waals surface area contributed by atoms with Crippen LogP contribution < -0.4 is 4.74 Å². The van der Waals surface area contributed by atoms with Crippen molar-refractivity contribution in [3.63, 3.8) is 0 Å². The molecule has 1 atom stereocenters. The molecule has 2 aliphatic heterocycles. The first-order valence-electron chi connectivity index (χ1n) is 10.3. The lowest BCUT2D eigenvalue weighted by molar-refractivity contribution is -0.138. The number of amides is 1. The normalized spacial score (nSPS) is 19.8. The molecular weight excluding hydrogens is 400 g/mol. The van der Waals surface area contributed by atoms with Gasteiger partial charge in [-0.15, -0.1) is 0 Å². The number of carbonyl (C=O) groups excluding carboxylic acids is 1. The summed E-state index contributed by atoms with van der Waals surface area (Å²) in [5, 5.41) is 0. The summed E-state index contributed by atoms with van der Waals surface area (Å²) in [6, 6.07) is 11.6. The van der Waals surface area contributed by atoms with Crippen molar-refractivity contribution in [1.82, 2.24) is 9.21 Å². The molecule has 7 heteroatoms. The Kier molecular flexibility index (Phi) is 5.59. The van der Waals surface area contributed by atoms with Crippen molar-refractivity contribution in [2.45, 2.75) is 32.1 Å². The number of fused-ring (bicyclic) bond motifs is 1. The summed E-state index contributed by atoms with van der Waals surface area (Å²) in [4.78, 5) is 15.2. The summed E-state index contributed by atoms with van der Waals surface area (Å²) in [6.07, 6.45) is 0.662. The summed E-state index contributed by atoms with van der Waals surface area (Å²) < 4.78 is 33.8. The molecule has 2 heterocycles. The van der Waals surface area contributed by atoms with Gasteiger partial charge in [-0.1, -0.05) is 35.9 Å². The SMILES string of the molecule is Cc1cc(C)c(S(=O)(=O)N2CCN(C(=O)[C@@H]3COc4ccccc4C3)CC2)c(C)c1. The molecule has 2 aromatic rings. The Morgan fingerprint density at radius 3 is 2.30 bits per heavy atom. The molecule has 0 aliphatic carbocycles. The Balaban J connectivity index is 1.43. The van der Waals surface area contributed by atoms with Crippen LogP contribution in [-0.2, 0) is 21.2 Å². The second-order valence-corrected chi connectivity index (χ2v) is 10.2. The standard InChI is InChI=1S/C23H28N2O4S/c1-16-12-17(2)22(18(3)13-16)30(27,28)25-10-8-24(9-11-25)23(26)20-14-19-6-4-5-7-21(19)29-15-20/h4-7,12-13,20H,8-11,14-15H2,1-3H3/t20-/m0/s1. The van der Waals surface area contributed by atoms with Gasteiger partial charge in [-0.05, 0) is 49.9 Å². The van der Waals surface area contributed by atoms with E-state index in [0.29, 0.717) is 44.1 Å². The summed E-state index contributed by atoms with van der Waals surface area (Å²) in [5.74, 6) is 0.676. The molecule has 2 aliphatic rings. The maximum Gasteiger partial charge on any atom is 0.243 e. The van der Waals surface area contributed by atoms with Crippen LogP contribution in [0, 0.1) is 26.7 Å². The number of sulfonamides is 1. The molecule has 6 nitrogen and oxygen atoms in total. The van der Waals surface area contributed by atoms with E-state index in [1.807, 2.05) is 57.2 Å². The predicted octanol–water partition coefficient (Wildman–Crippen LogP) is 2.70. The fraction of sp³-hybridized carbons (Fsp3) is 0.435. The minimum Gasteiger partial charge on any atom is -0.492 e. The van der Waals surface area contributed by atoms with E-state index in [2.05, 4.69) is 0 Å². The Hall–Kier alpha value is -2.38. The monoisotopic (exact) mass is 428 g/mol. The lowest BCUT2D eigenvalue weighted by Crippen LogP contribution is -2.53.